The first-order valence-corrected chi connectivity index (χ1v) is 11.8. The first-order chi connectivity index (χ1) is 16.8. The standard InChI is InChI=1S/C27H28ClNO6/c1-5-35-22-13-17(10-19(28)26(22)31)24-23(27(32)34-4)14(2)29-20-11-16(12-21(30)25(20)24)15-6-8-18(33-3)9-7-15/h6-10,13,16,24,29,31H,5,11-12H2,1-4H3/t16-,24+/m1/s1. The molecule has 8 heteroatoms. The van der Waals surface area contributed by atoms with Crippen LogP contribution in [0.2, 0.25) is 5.02 Å². The number of carbonyl (C=O) groups is 2. The molecule has 7 nitrogen and oxygen atoms in total. The van der Waals surface area contributed by atoms with E-state index in [1.165, 1.54) is 7.11 Å². The van der Waals surface area contributed by atoms with Crippen LogP contribution in [0.4, 0.5) is 0 Å². The lowest BCUT2D eigenvalue weighted by atomic mass is 9.71. The molecule has 1 heterocycles. The highest BCUT2D eigenvalue weighted by Gasteiger charge is 2.41. The van der Waals surface area contributed by atoms with E-state index in [9.17, 15) is 14.7 Å². The summed E-state index contributed by atoms with van der Waals surface area (Å²) in [5.41, 5.74) is 3.80. The zero-order valence-electron chi connectivity index (χ0n) is 20.1. The molecule has 0 saturated heterocycles. The average molecular weight is 498 g/mol. The lowest BCUT2D eigenvalue weighted by molar-refractivity contribution is -0.136. The van der Waals surface area contributed by atoms with E-state index >= 15 is 0 Å². The predicted octanol–water partition coefficient (Wildman–Crippen LogP) is 4.99. The number of carbonyl (C=O) groups excluding carboxylic acids is 2. The summed E-state index contributed by atoms with van der Waals surface area (Å²) >= 11 is 6.32. The van der Waals surface area contributed by atoms with Crippen LogP contribution >= 0.6 is 11.6 Å². The zero-order chi connectivity index (χ0) is 25.3. The Hall–Kier alpha value is -3.45. The smallest absolute Gasteiger partial charge is 0.336 e. The average Bonchev–Trinajstić information content (AvgIpc) is 2.85. The molecule has 0 unspecified atom stereocenters. The van der Waals surface area contributed by atoms with E-state index in [-0.39, 0.29) is 28.2 Å². The zero-order valence-corrected chi connectivity index (χ0v) is 20.9. The van der Waals surface area contributed by atoms with E-state index in [1.54, 1.807) is 33.1 Å². The van der Waals surface area contributed by atoms with Gasteiger partial charge in [-0.3, -0.25) is 4.79 Å². The number of nitrogens with one attached hydrogen (secondary N) is 1. The summed E-state index contributed by atoms with van der Waals surface area (Å²) in [6.45, 7) is 3.89. The normalized spacial score (nSPS) is 19.7. The lowest BCUT2D eigenvalue weighted by Crippen LogP contribution is -2.36. The molecule has 0 saturated carbocycles. The Kier molecular flexibility index (Phi) is 7.08. The molecule has 0 spiro atoms. The molecule has 2 aromatic rings. The van der Waals surface area contributed by atoms with Gasteiger partial charge >= 0.3 is 5.97 Å². The Balaban J connectivity index is 1.82. The number of ether oxygens (including phenoxy) is 3. The maximum absolute atomic E-state index is 13.6. The van der Waals surface area contributed by atoms with Gasteiger partial charge in [0.1, 0.15) is 5.75 Å². The maximum atomic E-state index is 13.6. The minimum absolute atomic E-state index is 0.0184. The van der Waals surface area contributed by atoms with E-state index in [0.717, 1.165) is 17.0 Å². The van der Waals surface area contributed by atoms with E-state index in [1.807, 2.05) is 24.3 Å². The third kappa shape index (κ3) is 4.60. The first-order valence-electron chi connectivity index (χ1n) is 11.4. The fourth-order valence-electron chi connectivity index (χ4n) is 4.89. The minimum Gasteiger partial charge on any atom is -0.503 e. The third-order valence-electron chi connectivity index (χ3n) is 6.50. The van der Waals surface area contributed by atoms with Gasteiger partial charge in [-0.2, -0.15) is 0 Å². The molecular formula is C27H28ClNO6. The van der Waals surface area contributed by atoms with Gasteiger partial charge in [-0.1, -0.05) is 23.7 Å². The van der Waals surface area contributed by atoms with Crippen molar-refractivity contribution in [3.63, 3.8) is 0 Å². The number of phenolic OH excluding ortho intramolecular Hbond substituents is 1. The van der Waals surface area contributed by atoms with Crippen LogP contribution in [0.3, 0.4) is 0 Å². The number of methoxy groups -OCH3 is 2. The summed E-state index contributed by atoms with van der Waals surface area (Å²) in [4.78, 5) is 26.5. The van der Waals surface area contributed by atoms with Crippen LogP contribution in [0, 0.1) is 0 Å². The number of halogens is 1. The minimum atomic E-state index is -0.708. The number of rotatable bonds is 6. The Morgan fingerprint density at radius 3 is 2.49 bits per heavy atom. The molecule has 0 amide bonds. The predicted molar refractivity (Wildman–Crippen MR) is 132 cm³/mol. The van der Waals surface area contributed by atoms with Gasteiger partial charge in [0.2, 0.25) is 0 Å². The summed E-state index contributed by atoms with van der Waals surface area (Å²) in [5.74, 6) is -0.579. The van der Waals surface area contributed by atoms with Crippen LogP contribution in [0.15, 0.2) is 58.9 Å². The van der Waals surface area contributed by atoms with Gasteiger partial charge in [-0.05, 0) is 61.6 Å². The molecule has 0 bridgehead atoms. The number of allylic oxidation sites excluding steroid dienone is 3. The lowest BCUT2D eigenvalue weighted by Gasteiger charge is -2.36. The summed E-state index contributed by atoms with van der Waals surface area (Å²) in [7, 11) is 2.92. The number of phenols is 1. The van der Waals surface area contributed by atoms with Crippen LogP contribution < -0.4 is 14.8 Å². The van der Waals surface area contributed by atoms with Crippen molar-refractivity contribution in [3.05, 3.63) is 75.1 Å². The number of aromatic hydroxyl groups is 1. The summed E-state index contributed by atoms with van der Waals surface area (Å²) in [6, 6.07) is 10.9. The van der Waals surface area contributed by atoms with Gasteiger partial charge in [0, 0.05) is 29.3 Å². The molecule has 2 aromatic carbocycles. The maximum Gasteiger partial charge on any atom is 0.336 e. The van der Waals surface area contributed by atoms with Crippen molar-refractivity contribution in [2.24, 2.45) is 0 Å². The number of benzene rings is 2. The Morgan fingerprint density at radius 2 is 1.86 bits per heavy atom. The van der Waals surface area contributed by atoms with Crippen LogP contribution in [-0.2, 0) is 14.3 Å². The second kappa shape index (κ2) is 10.0. The number of Topliss-reactive ketones (excluding diaryl/α,β-unsaturated/α-hetero) is 1. The number of hydrogen-bond acceptors (Lipinski definition) is 7. The van der Waals surface area contributed by atoms with Crippen molar-refractivity contribution < 1.29 is 28.9 Å². The highest BCUT2D eigenvalue weighted by atomic mass is 35.5. The second-order valence-electron chi connectivity index (χ2n) is 8.56. The highest BCUT2D eigenvalue weighted by molar-refractivity contribution is 6.32. The van der Waals surface area contributed by atoms with Gasteiger partial charge in [-0.25, -0.2) is 4.79 Å². The number of dihydropyridines is 1. The van der Waals surface area contributed by atoms with E-state index in [2.05, 4.69) is 5.32 Å². The van der Waals surface area contributed by atoms with Crippen LogP contribution in [-0.4, -0.2) is 37.7 Å². The quantitative estimate of drug-likeness (QED) is 0.543. The monoisotopic (exact) mass is 497 g/mol. The molecule has 184 valence electrons. The van der Waals surface area contributed by atoms with E-state index in [0.29, 0.717) is 41.9 Å². The molecule has 4 rings (SSSR count). The van der Waals surface area contributed by atoms with Gasteiger partial charge < -0.3 is 24.6 Å². The van der Waals surface area contributed by atoms with Gasteiger partial charge in [0.25, 0.3) is 0 Å². The Morgan fingerprint density at radius 1 is 1.14 bits per heavy atom. The highest BCUT2D eigenvalue weighted by Crippen LogP contribution is 2.48. The van der Waals surface area contributed by atoms with Crippen molar-refractivity contribution in [2.75, 3.05) is 20.8 Å². The largest absolute Gasteiger partial charge is 0.503 e. The Labute approximate surface area is 209 Å². The van der Waals surface area contributed by atoms with E-state index < -0.39 is 11.9 Å². The Bertz CT molecular complexity index is 1230. The SMILES string of the molecule is CCOc1cc([C@H]2C(C(=O)OC)=C(C)NC3=C2C(=O)C[C@H](c2ccc(OC)cc2)C3)cc(Cl)c1O. The molecule has 2 atom stereocenters. The number of hydrogen-bond donors (Lipinski definition) is 2. The topological polar surface area (TPSA) is 94.1 Å². The first kappa shape index (κ1) is 24.7. The van der Waals surface area contributed by atoms with Crippen molar-refractivity contribution in [1.82, 2.24) is 5.32 Å². The second-order valence-corrected chi connectivity index (χ2v) is 8.97. The molecule has 1 aliphatic carbocycles. The van der Waals surface area contributed by atoms with Crippen LogP contribution in [0.1, 0.15) is 49.7 Å². The van der Waals surface area contributed by atoms with Gasteiger partial charge in [-0.15, -0.1) is 0 Å². The van der Waals surface area contributed by atoms with Crippen LogP contribution in [0.5, 0.6) is 17.2 Å². The molecule has 2 N–H and O–H groups in total. The van der Waals surface area contributed by atoms with Crippen LogP contribution in [0.25, 0.3) is 0 Å². The molecule has 2 aliphatic rings. The van der Waals surface area contributed by atoms with Gasteiger partial charge in [0.15, 0.2) is 17.3 Å². The van der Waals surface area contributed by atoms with Gasteiger partial charge in [0.05, 0.1) is 31.4 Å². The number of esters is 1. The molecule has 0 aromatic heterocycles. The summed E-state index contributed by atoms with van der Waals surface area (Å²) < 4.78 is 15.9. The fraction of sp³-hybridized carbons (Fsp3) is 0.333. The third-order valence-corrected chi connectivity index (χ3v) is 6.79. The molecule has 1 aliphatic heterocycles. The van der Waals surface area contributed by atoms with Crippen molar-refractivity contribution in [1.29, 1.82) is 0 Å². The molecule has 35 heavy (non-hydrogen) atoms. The number of ketones is 1. The fourth-order valence-corrected chi connectivity index (χ4v) is 5.11. The van der Waals surface area contributed by atoms with Crippen molar-refractivity contribution in [3.8, 4) is 17.2 Å². The summed E-state index contributed by atoms with van der Waals surface area (Å²) in [6.07, 6.45) is 0.890. The molecule has 0 fully saturated rings. The van der Waals surface area contributed by atoms with E-state index in [4.69, 9.17) is 25.8 Å². The van der Waals surface area contributed by atoms with Crippen molar-refractivity contribution in [2.45, 2.75) is 38.5 Å². The molecule has 0 radical (unpaired) electrons. The summed E-state index contributed by atoms with van der Waals surface area (Å²) in [5, 5.41) is 13.7. The van der Waals surface area contributed by atoms with Crippen molar-refractivity contribution >= 4 is 23.4 Å². The molecular weight excluding hydrogens is 470 g/mol.